The van der Waals surface area contributed by atoms with Gasteiger partial charge in [-0.25, -0.2) is 9.48 Å². The summed E-state index contributed by atoms with van der Waals surface area (Å²) in [5, 5.41) is 5.78. The molecule has 2 heterocycles. The molecule has 4 rings (SSSR count). The lowest BCUT2D eigenvalue weighted by Gasteiger charge is -2.20. The van der Waals surface area contributed by atoms with Gasteiger partial charge in [-0.3, -0.25) is 9.88 Å². The summed E-state index contributed by atoms with van der Waals surface area (Å²) in [5.74, 6) is -0.454. The van der Waals surface area contributed by atoms with Gasteiger partial charge in [0.2, 0.25) is 0 Å². The van der Waals surface area contributed by atoms with Gasteiger partial charge in [-0.15, -0.1) is 0 Å². The number of carbonyl (C=O) groups is 1. The Morgan fingerprint density at radius 2 is 1.89 bits per heavy atom. The van der Waals surface area contributed by atoms with Crippen LogP contribution in [0.5, 0.6) is 0 Å². The molecule has 2 aromatic heterocycles. The molecule has 7 nitrogen and oxygen atoms in total. The van der Waals surface area contributed by atoms with Crippen LogP contribution in [-0.4, -0.2) is 42.5 Å². The van der Waals surface area contributed by atoms with Crippen molar-refractivity contribution in [2.24, 2.45) is 0 Å². The van der Waals surface area contributed by atoms with Gasteiger partial charge < -0.3 is 9.47 Å². The second-order valence-electron chi connectivity index (χ2n) is 9.59. The zero-order chi connectivity index (χ0) is 25.7. The summed E-state index contributed by atoms with van der Waals surface area (Å²) in [4.78, 5) is 18.5. The molecule has 0 fully saturated rings. The van der Waals surface area contributed by atoms with Crippen molar-refractivity contribution in [3.8, 4) is 23.9 Å². The van der Waals surface area contributed by atoms with E-state index in [-0.39, 0.29) is 0 Å². The highest BCUT2D eigenvalue weighted by Crippen LogP contribution is 2.34. The number of pyridine rings is 1. The number of hydrogen-bond acceptors (Lipinski definition) is 6. The first-order valence-electron chi connectivity index (χ1n) is 11.8. The summed E-state index contributed by atoms with van der Waals surface area (Å²) in [5.41, 5.74) is 4.08. The number of rotatable bonds is 9. The van der Waals surface area contributed by atoms with E-state index in [2.05, 4.69) is 30.7 Å². The van der Waals surface area contributed by atoms with Gasteiger partial charge in [0.05, 0.1) is 35.3 Å². The monoisotopic (exact) mass is 498 g/mol. The van der Waals surface area contributed by atoms with Crippen LogP contribution >= 0.6 is 0 Å². The highest BCUT2D eigenvalue weighted by Gasteiger charge is 2.20. The van der Waals surface area contributed by atoms with Crippen LogP contribution in [0.25, 0.3) is 22.3 Å². The summed E-state index contributed by atoms with van der Waals surface area (Å²) in [6.07, 6.45) is 7.69. The van der Waals surface area contributed by atoms with Crippen LogP contribution in [0.15, 0.2) is 66.9 Å². The molecule has 0 aliphatic rings. The fourth-order valence-electron chi connectivity index (χ4n) is 3.86. The number of aromatic nitrogens is 3. The number of para-hydroxylation sites is 1. The highest BCUT2D eigenvalue weighted by molar-refractivity contribution is 6.76. The van der Waals surface area contributed by atoms with Crippen molar-refractivity contribution in [3.05, 3.63) is 72.4 Å². The van der Waals surface area contributed by atoms with Gasteiger partial charge in [0.15, 0.2) is 0 Å². The van der Waals surface area contributed by atoms with Crippen molar-refractivity contribution in [2.45, 2.75) is 32.4 Å². The quantitative estimate of drug-likeness (QED) is 0.0937. The van der Waals surface area contributed by atoms with Gasteiger partial charge in [0, 0.05) is 32.3 Å². The molecule has 184 valence electrons. The molecule has 36 heavy (non-hydrogen) atoms. The number of ether oxygens (including phenoxy) is 2. The van der Waals surface area contributed by atoms with Crippen LogP contribution in [0.3, 0.4) is 0 Å². The van der Waals surface area contributed by atoms with E-state index >= 15 is 0 Å². The van der Waals surface area contributed by atoms with E-state index in [1.54, 1.807) is 29.3 Å². The lowest BCUT2D eigenvalue weighted by molar-refractivity contribution is 0.0601. The fourth-order valence-corrected chi connectivity index (χ4v) is 4.61. The molecule has 4 aromatic rings. The summed E-state index contributed by atoms with van der Waals surface area (Å²) in [6, 6.07) is 22.5. The van der Waals surface area contributed by atoms with E-state index < -0.39 is 14.0 Å². The molecule has 0 bridgehead atoms. The van der Waals surface area contributed by atoms with Gasteiger partial charge in [0.1, 0.15) is 12.4 Å². The van der Waals surface area contributed by atoms with Crippen LogP contribution in [0.4, 0.5) is 11.4 Å². The number of nitrogens with zero attached hydrogens (tertiary/aromatic N) is 4. The van der Waals surface area contributed by atoms with Gasteiger partial charge in [-0.2, -0.15) is 5.10 Å². The summed E-state index contributed by atoms with van der Waals surface area (Å²) < 4.78 is 12.8. The fraction of sp³-hybridized carbons (Fsp3) is 0.250. The molecule has 0 atom stereocenters. The molecule has 0 unspecified atom stereocenters. The van der Waals surface area contributed by atoms with Gasteiger partial charge >= 0.3 is 5.97 Å². The predicted molar refractivity (Wildman–Crippen MR) is 146 cm³/mol. The number of hydrogen-bond donors (Lipinski definition) is 0. The third-order valence-corrected chi connectivity index (χ3v) is 7.49. The van der Waals surface area contributed by atoms with Crippen LogP contribution in [0, 0.1) is 12.5 Å². The molecular formula is C28H30N4O3Si. The van der Waals surface area contributed by atoms with E-state index in [1.165, 1.54) is 7.11 Å². The molecule has 8 heteroatoms. The minimum absolute atomic E-state index is 0.312. The van der Waals surface area contributed by atoms with Crippen molar-refractivity contribution in [1.29, 1.82) is 0 Å². The smallest absolute Gasteiger partial charge is 0.340 e. The van der Waals surface area contributed by atoms with E-state index in [4.69, 9.17) is 21.0 Å². The van der Waals surface area contributed by atoms with E-state index in [0.29, 0.717) is 24.6 Å². The maximum atomic E-state index is 12.4. The highest BCUT2D eigenvalue weighted by atomic mass is 28.3. The van der Waals surface area contributed by atoms with E-state index in [9.17, 15) is 4.79 Å². The Balaban J connectivity index is 1.77. The summed E-state index contributed by atoms with van der Waals surface area (Å²) in [7, 11) is 0.140. The zero-order valence-electron chi connectivity index (χ0n) is 21.1. The SMILES string of the molecule is C#CN(c1ccc2c(-c3ccccn3)nn(COCC[Si](C)(C)C)c2c1)c1ccccc1C(=O)OC. The van der Waals surface area contributed by atoms with Crippen LogP contribution in [0.2, 0.25) is 25.7 Å². The number of terminal acetylenes is 1. The molecule has 0 N–H and O–H groups in total. The maximum Gasteiger partial charge on any atom is 0.340 e. The normalized spacial score (nSPS) is 11.3. The molecule has 0 aliphatic heterocycles. The maximum absolute atomic E-state index is 12.4. The molecule has 0 amide bonds. The number of esters is 1. The molecule has 0 radical (unpaired) electrons. The standard InChI is InChI=1S/C28H30N4O3Si/c1-6-31(25-13-8-7-11-23(25)28(33)34-2)21-14-15-22-26(19-21)32(20-35-17-18-36(3,4)5)30-27(22)24-12-9-10-16-29-24/h1,7-16,19H,17-18,20H2,2-5H3. The number of carbonyl (C=O) groups excluding carboxylic acids is 1. The molecule has 0 saturated heterocycles. The topological polar surface area (TPSA) is 69.5 Å². The van der Waals surface area contributed by atoms with Gasteiger partial charge in [-0.05, 0) is 48.5 Å². The number of methoxy groups -OCH3 is 1. The molecule has 0 spiro atoms. The third kappa shape index (κ3) is 5.48. The largest absolute Gasteiger partial charge is 0.465 e. The lowest BCUT2D eigenvalue weighted by Crippen LogP contribution is -2.22. The third-order valence-electron chi connectivity index (χ3n) is 5.79. The number of fused-ring (bicyclic) bond motifs is 1. The Labute approximate surface area is 212 Å². The average molecular weight is 499 g/mol. The Morgan fingerprint density at radius 1 is 1.11 bits per heavy atom. The molecule has 0 aliphatic carbocycles. The zero-order valence-corrected chi connectivity index (χ0v) is 22.1. The van der Waals surface area contributed by atoms with Crippen molar-refractivity contribution < 1.29 is 14.3 Å². The van der Waals surface area contributed by atoms with Crippen molar-refractivity contribution in [3.63, 3.8) is 0 Å². The molecular weight excluding hydrogens is 468 g/mol. The molecule has 0 saturated carbocycles. The summed E-state index contributed by atoms with van der Waals surface area (Å²) in [6.45, 7) is 7.97. The first-order valence-corrected chi connectivity index (χ1v) is 15.5. The number of anilines is 2. The van der Waals surface area contributed by atoms with Crippen molar-refractivity contribution in [2.75, 3.05) is 18.6 Å². The second-order valence-corrected chi connectivity index (χ2v) is 15.2. The minimum Gasteiger partial charge on any atom is -0.465 e. The van der Waals surface area contributed by atoms with Gasteiger partial charge in [0.25, 0.3) is 0 Å². The summed E-state index contributed by atoms with van der Waals surface area (Å²) >= 11 is 0. The van der Waals surface area contributed by atoms with Crippen LogP contribution in [0.1, 0.15) is 10.4 Å². The Kier molecular flexibility index (Phi) is 7.53. The van der Waals surface area contributed by atoms with Crippen molar-refractivity contribution >= 4 is 36.3 Å². The first kappa shape index (κ1) is 25.2. The Bertz CT molecular complexity index is 1400. The Hall–Kier alpha value is -3.93. The van der Waals surface area contributed by atoms with Crippen LogP contribution < -0.4 is 4.90 Å². The van der Waals surface area contributed by atoms with E-state index in [0.717, 1.165) is 34.0 Å². The second kappa shape index (κ2) is 10.8. The van der Waals surface area contributed by atoms with Gasteiger partial charge in [-0.1, -0.05) is 44.3 Å². The average Bonchev–Trinajstić information content (AvgIpc) is 3.25. The molecule has 2 aromatic carbocycles. The van der Waals surface area contributed by atoms with Crippen LogP contribution in [-0.2, 0) is 16.2 Å². The predicted octanol–water partition coefficient (Wildman–Crippen LogP) is 5.93. The van der Waals surface area contributed by atoms with Crippen molar-refractivity contribution in [1.82, 2.24) is 14.8 Å². The lowest BCUT2D eigenvalue weighted by atomic mass is 10.1. The minimum atomic E-state index is -1.21. The van der Waals surface area contributed by atoms with E-state index in [1.807, 2.05) is 47.1 Å². The first-order chi connectivity index (χ1) is 17.3. The number of benzene rings is 2. The Morgan fingerprint density at radius 3 is 2.58 bits per heavy atom.